The molecule has 0 aliphatic rings. The third-order valence-corrected chi connectivity index (χ3v) is 0. The van der Waals surface area contributed by atoms with Crippen molar-refractivity contribution in [2.45, 2.75) is 44.6 Å². The first kappa shape index (κ1) is 60.5. The van der Waals surface area contributed by atoms with Crippen LogP contribution in [0.5, 0.6) is 0 Å². The topological polar surface area (TPSA) is 0 Å². The highest BCUT2D eigenvalue weighted by atomic mass is 35.8. The van der Waals surface area contributed by atoms with Crippen LogP contribution in [0.15, 0.2) is 0 Å². The van der Waals surface area contributed by atoms with E-state index in [1.165, 1.54) is 0 Å². The van der Waals surface area contributed by atoms with Crippen LogP contribution in [-0.4, -0.2) is 14.9 Å². The summed E-state index contributed by atoms with van der Waals surface area (Å²) in [6.07, 6.45) is 0. The van der Waals surface area contributed by atoms with E-state index in [2.05, 4.69) is 0 Å². The smallest absolute Gasteiger partial charge is 0.155 e. The van der Waals surface area contributed by atoms with Gasteiger partial charge in [-0.05, 0) is 0 Å². The highest BCUT2D eigenvalue weighted by Gasteiger charge is 1.85. The summed E-state index contributed by atoms with van der Waals surface area (Å²) < 4.78 is 0. The summed E-state index contributed by atoms with van der Waals surface area (Å²) >= 11 is 24.6. The van der Waals surface area contributed by atoms with Crippen molar-refractivity contribution in [2.75, 3.05) is 0 Å². The molecule has 0 aliphatic carbocycles. The molecular formula is C6H27Cl5Si2. The van der Waals surface area contributed by atoms with Crippen LogP contribution < -0.4 is 0 Å². The van der Waals surface area contributed by atoms with E-state index in [-0.39, 0.29) is 44.6 Å². The van der Waals surface area contributed by atoms with Crippen LogP contribution in [0, 0.1) is 0 Å². The quantitative estimate of drug-likeness (QED) is 0.394. The van der Waals surface area contributed by atoms with E-state index in [0.29, 0.717) is 0 Å². The Labute approximate surface area is 114 Å². The third kappa shape index (κ3) is 553. The second-order valence-corrected chi connectivity index (χ2v) is 9.41. The summed E-state index contributed by atoms with van der Waals surface area (Å²) in [5, 5.41) is 0. The predicted molar refractivity (Wildman–Crippen MR) is 85.3 cm³/mol. The van der Waals surface area contributed by atoms with Gasteiger partial charge in [-0.2, -0.15) is 22.2 Å². The molecular weight excluding hydrogens is 306 g/mol. The van der Waals surface area contributed by atoms with Gasteiger partial charge in [0.1, 0.15) is 0 Å². The lowest BCUT2D eigenvalue weighted by Gasteiger charge is -1.65. The van der Waals surface area contributed by atoms with E-state index >= 15 is 0 Å². The summed E-state index contributed by atoms with van der Waals surface area (Å²) in [6.45, 7) is -1.72. The Kier molecular flexibility index (Phi) is 310. The molecule has 0 saturated heterocycles. The Hall–Kier alpha value is 1.88. The summed E-state index contributed by atoms with van der Waals surface area (Å²) in [4.78, 5) is 0. The van der Waals surface area contributed by atoms with Crippen molar-refractivity contribution < 1.29 is 0 Å². The van der Waals surface area contributed by atoms with Crippen molar-refractivity contribution in [1.29, 1.82) is 0 Å². The monoisotopic (exact) mass is 330 g/mol. The van der Waals surface area contributed by atoms with E-state index in [0.717, 1.165) is 0 Å². The molecule has 0 aromatic heterocycles. The molecule has 0 saturated carbocycles. The minimum atomic E-state index is -1.72. The summed E-state index contributed by atoms with van der Waals surface area (Å²) in [5.74, 6) is 0. The van der Waals surface area contributed by atoms with Gasteiger partial charge in [-0.25, -0.2) is 0 Å². The average molecular weight is 333 g/mol. The highest BCUT2D eigenvalue weighted by molar-refractivity contribution is 7.54. The molecule has 7 heteroatoms. The van der Waals surface area contributed by atoms with Crippen LogP contribution in [-0.2, 0) is 0 Å². The number of hydrogen-bond acceptors (Lipinski definition) is 0. The normalized spacial score (nSPS) is 4.15. The Bertz CT molecular complexity index is 30.2. The fraction of sp³-hybridized carbons (Fsp3) is 1.00. The fourth-order valence-corrected chi connectivity index (χ4v) is 0. The molecule has 0 fully saturated rings. The van der Waals surface area contributed by atoms with Crippen LogP contribution in [0.2, 0.25) is 0 Å². The van der Waals surface area contributed by atoms with Crippen LogP contribution in [0.3, 0.4) is 0 Å². The molecule has 0 heterocycles. The minimum absolute atomic E-state index is 0. The minimum Gasteiger partial charge on any atom is -0.155 e. The van der Waals surface area contributed by atoms with E-state index in [1.54, 1.807) is 0 Å². The van der Waals surface area contributed by atoms with E-state index < -0.39 is 14.9 Å². The summed E-state index contributed by atoms with van der Waals surface area (Å²) in [5.41, 5.74) is 0. The molecule has 94 valence electrons. The second-order valence-electron chi connectivity index (χ2n) is 0.348. The van der Waals surface area contributed by atoms with Gasteiger partial charge in [0.05, 0.1) is 0 Å². The summed E-state index contributed by atoms with van der Waals surface area (Å²) in [7, 11) is -0.639. The van der Waals surface area contributed by atoms with Crippen LogP contribution in [0.4, 0.5) is 0 Å². The van der Waals surface area contributed by atoms with Crippen molar-refractivity contribution in [1.82, 2.24) is 0 Å². The van der Waals surface area contributed by atoms with Gasteiger partial charge in [0.15, 0.2) is 0 Å². The highest BCUT2D eigenvalue weighted by Crippen LogP contribution is 1.97. The Balaban J connectivity index is -0.00000000444. The molecule has 0 bridgehead atoms. The molecule has 0 radical (unpaired) electrons. The molecule has 0 N–H and O–H groups in total. The maximum Gasteiger partial charge on any atom is 0.326 e. The van der Waals surface area contributed by atoms with Gasteiger partial charge in [0.2, 0.25) is 8.14 Å². The van der Waals surface area contributed by atoms with Gasteiger partial charge in [-0.1, -0.05) is 44.6 Å². The Morgan fingerprint density at radius 2 is 0.615 bits per heavy atom. The summed E-state index contributed by atoms with van der Waals surface area (Å²) in [6, 6.07) is 0. The first-order valence-corrected chi connectivity index (χ1v) is 10.7. The van der Waals surface area contributed by atoms with E-state index in [9.17, 15) is 0 Å². The van der Waals surface area contributed by atoms with Crippen molar-refractivity contribution in [2.24, 2.45) is 0 Å². The fourth-order valence-electron chi connectivity index (χ4n) is 0. The van der Waals surface area contributed by atoms with Gasteiger partial charge in [-0.3, -0.25) is 0 Å². The molecule has 0 atom stereocenters. The first-order valence-electron chi connectivity index (χ1n) is 1.19. The van der Waals surface area contributed by atoms with Crippen LogP contribution >= 0.6 is 55.4 Å². The molecule has 13 heavy (non-hydrogen) atoms. The standard InChI is InChI=1S/6CH4.Cl3HSi.Cl2H2Si/c;;;;;;1-4(2)3;1-3-2/h6*1H4;4H;3H2. The molecule has 0 aliphatic heterocycles. The van der Waals surface area contributed by atoms with Gasteiger partial charge < -0.3 is 0 Å². The molecule has 0 aromatic carbocycles. The van der Waals surface area contributed by atoms with Gasteiger partial charge >= 0.3 is 6.73 Å². The maximum absolute atomic E-state index is 4.94. The van der Waals surface area contributed by atoms with Gasteiger partial charge in [0, 0.05) is 0 Å². The van der Waals surface area contributed by atoms with Crippen molar-refractivity contribution in [3.05, 3.63) is 0 Å². The molecule has 0 rings (SSSR count). The number of hydrogen-bond donors (Lipinski definition) is 0. The van der Waals surface area contributed by atoms with Crippen molar-refractivity contribution >= 4 is 70.3 Å². The molecule has 0 aromatic rings. The Morgan fingerprint density at radius 1 is 0.615 bits per heavy atom. The average Bonchev–Trinajstić information content (AvgIpc) is 1.33. The Morgan fingerprint density at radius 3 is 0.615 bits per heavy atom. The molecule has 0 spiro atoms. The lowest BCUT2D eigenvalue weighted by atomic mass is 12.0. The third-order valence-electron chi connectivity index (χ3n) is 0. The van der Waals surface area contributed by atoms with Gasteiger partial charge in [-0.15, -0.1) is 33.2 Å². The SMILES string of the molecule is C.C.C.C.C.C.Cl[SiH2]Cl.Cl[SiH](Cl)Cl. The van der Waals surface area contributed by atoms with Crippen molar-refractivity contribution in [3.63, 3.8) is 0 Å². The largest absolute Gasteiger partial charge is 0.326 e. The molecule has 0 nitrogen and oxygen atoms in total. The lowest BCUT2D eigenvalue weighted by molar-refractivity contribution is 2.50. The zero-order chi connectivity index (χ0) is 6.28. The van der Waals surface area contributed by atoms with E-state index in [4.69, 9.17) is 55.4 Å². The first-order chi connectivity index (χ1) is 3.15. The molecule has 0 unspecified atom stereocenters. The lowest BCUT2D eigenvalue weighted by Crippen LogP contribution is -1.66. The van der Waals surface area contributed by atoms with Crippen LogP contribution in [0.1, 0.15) is 44.6 Å². The van der Waals surface area contributed by atoms with E-state index in [1.807, 2.05) is 0 Å². The second kappa shape index (κ2) is 66.6. The zero-order valence-corrected chi connectivity index (χ0v) is 9.52. The molecule has 0 amide bonds. The van der Waals surface area contributed by atoms with Crippen molar-refractivity contribution in [3.8, 4) is 0 Å². The van der Waals surface area contributed by atoms with Crippen LogP contribution in [0.25, 0.3) is 0 Å². The number of rotatable bonds is 0. The van der Waals surface area contributed by atoms with Gasteiger partial charge in [0.25, 0.3) is 0 Å². The number of halogens is 5. The zero-order valence-electron chi connectivity index (χ0n) is 3.17. The predicted octanol–water partition coefficient (Wildman–Crippen LogP) is 5.70. The maximum atomic E-state index is 4.94.